The van der Waals surface area contributed by atoms with Gasteiger partial charge >= 0.3 is 24.3 Å². The number of hydrogen-bond donors (Lipinski definition) is 4. The molecule has 48 heavy (non-hydrogen) atoms. The Hall–Kier alpha value is -4.09. The molecule has 256 valence electrons. The fourth-order valence-corrected chi connectivity index (χ4v) is 6.43. The number of benzene rings is 1. The summed E-state index contributed by atoms with van der Waals surface area (Å²) in [7, 11) is 0. The number of carbonyl (C=O) groups is 2. The minimum absolute atomic E-state index is 0.00900. The lowest BCUT2D eigenvalue weighted by atomic mass is 9.77. The summed E-state index contributed by atoms with van der Waals surface area (Å²) in [6.45, 7) is 1.98. The zero-order valence-electron chi connectivity index (χ0n) is 25.1. The van der Waals surface area contributed by atoms with E-state index in [1.807, 2.05) is 31.2 Å². The number of hydrogen-bond acceptors (Lipinski definition) is 9. The Kier molecular flexibility index (Phi) is 11.2. The van der Waals surface area contributed by atoms with E-state index in [1.165, 1.54) is 16.1 Å². The number of aryl methyl sites for hydroxylation is 2. The number of carboxylic acids is 2. The van der Waals surface area contributed by atoms with Crippen LogP contribution in [0.25, 0.3) is 5.57 Å². The van der Waals surface area contributed by atoms with Gasteiger partial charge in [-0.05, 0) is 72.2 Å². The van der Waals surface area contributed by atoms with Crippen molar-refractivity contribution in [1.82, 2.24) is 9.97 Å². The number of aliphatic carboxylic acids is 2. The molecule has 17 heteroatoms. The van der Waals surface area contributed by atoms with Gasteiger partial charge in [0, 0.05) is 23.7 Å². The lowest BCUT2D eigenvalue weighted by Gasteiger charge is -2.37. The van der Waals surface area contributed by atoms with Crippen LogP contribution in [0.3, 0.4) is 0 Å². The summed E-state index contributed by atoms with van der Waals surface area (Å²) >= 11 is 5.97. The van der Waals surface area contributed by atoms with Crippen molar-refractivity contribution in [1.29, 1.82) is 0 Å². The molecule has 5 rings (SSSR count). The van der Waals surface area contributed by atoms with Crippen LogP contribution in [0, 0.1) is 0 Å². The summed E-state index contributed by atoms with van der Waals surface area (Å²) in [4.78, 5) is 33.6. The first kappa shape index (κ1) is 36.7. The van der Waals surface area contributed by atoms with Crippen molar-refractivity contribution in [3.05, 3.63) is 88.4 Å². The van der Waals surface area contributed by atoms with Crippen LogP contribution in [0.15, 0.2) is 59.9 Å². The normalized spacial score (nSPS) is 17.7. The first-order valence-corrected chi connectivity index (χ1v) is 15.7. The highest BCUT2D eigenvalue weighted by Crippen LogP contribution is 2.41. The van der Waals surface area contributed by atoms with Gasteiger partial charge in [-0.25, -0.2) is 14.8 Å². The number of anilines is 2. The molecule has 1 aromatic carbocycles. The number of halogens is 6. The first-order chi connectivity index (χ1) is 22.4. The third-order valence-corrected chi connectivity index (χ3v) is 9.07. The molecule has 0 saturated carbocycles. The maximum Gasteiger partial charge on any atom is 0.490 e. The molecule has 9 nitrogen and oxygen atoms in total. The number of pyridine rings is 2. The van der Waals surface area contributed by atoms with Crippen LogP contribution < -0.4 is 10.0 Å². The molecular weight excluding hydrogens is 684 g/mol. The van der Waals surface area contributed by atoms with Crippen LogP contribution in [0.5, 0.6) is 0 Å². The van der Waals surface area contributed by atoms with Crippen LogP contribution >= 0.6 is 24.6 Å². The van der Waals surface area contributed by atoms with Crippen LogP contribution in [0.1, 0.15) is 53.3 Å². The SMILES string of the molecule is CCc1cc(C2=CN=C(C3(N)CCCc4cc(CC(=O)O)ccc43)SC2)nc(N(S)c2cc(C(F)(F)F)ccn2)c1.O=C(O)C(F)(F)F. The molecule has 1 aliphatic carbocycles. The lowest BCUT2D eigenvalue weighted by molar-refractivity contribution is -0.192. The minimum Gasteiger partial charge on any atom is -0.481 e. The minimum atomic E-state index is -5.08. The lowest BCUT2D eigenvalue weighted by Crippen LogP contribution is -2.46. The molecule has 0 radical (unpaired) electrons. The molecule has 0 spiro atoms. The topological polar surface area (TPSA) is 142 Å². The number of thioether (sulfide) groups is 1. The number of carboxylic acid groups (broad SMARTS) is 2. The van der Waals surface area contributed by atoms with E-state index in [0.717, 1.165) is 70.5 Å². The maximum atomic E-state index is 13.3. The number of rotatable bonds is 7. The van der Waals surface area contributed by atoms with Gasteiger partial charge in [0.05, 0.1) is 28.3 Å². The predicted octanol–water partition coefficient (Wildman–Crippen LogP) is 6.98. The Bertz CT molecular complexity index is 1770. The van der Waals surface area contributed by atoms with Gasteiger partial charge in [0.15, 0.2) is 0 Å². The second-order valence-corrected chi connectivity index (χ2v) is 12.2. The van der Waals surface area contributed by atoms with Gasteiger partial charge in [-0.2, -0.15) is 26.3 Å². The fourth-order valence-electron chi connectivity index (χ4n) is 5.11. The van der Waals surface area contributed by atoms with E-state index >= 15 is 0 Å². The molecule has 0 amide bonds. The number of aliphatic imine (C=N–C) groups is 1. The number of alkyl halides is 6. The van der Waals surface area contributed by atoms with Crippen molar-refractivity contribution < 1.29 is 46.1 Å². The van der Waals surface area contributed by atoms with Crippen molar-refractivity contribution in [2.45, 2.75) is 56.9 Å². The average Bonchev–Trinajstić information content (AvgIpc) is 3.03. The Labute approximate surface area is 280 Å². The number of aromatic nitrogens is 2. The molecule has 1 aliphatic heterocycles. The fraction of sp³-hybridized carbons (Fsp3) is 0.323. The van der Waals surface area contributed by atoms with Gasteiger partial charge < -0.3 is 15.9 Å². The standard InChI is InChI=1S/C29H28F3N5O2S2.C2HF3O2/c1-2-17-11-23(36-25(12-17)37(40)24-14-21(7-9-34-24)29(30,31)32)20-15-35-27(41-16-20)28(33)8-3-4-19-10-18(13-26(38)39)5-6-22(19)28;3-2(4,5)1(6)7/h5-7,9-12,14-15,40H,2-4,8,13,16,33H2,1H3,(H,38,39);(H,6,7). The summed E-state index contributed by atoms with van der Waals surface area (Å²) < 4.78 is 72.8. The van der Waals surface area contributed by atoms with Crippen molar-refractivity contribution >= 4 is 58.8 Å². The van der Waals surface area contributed by atoms with Gasteiger partial charge in [0.25, 0.3) is 0 Å². The third kappa shape index (κ3) is 8.68. The highest BCUT2D eigenvalue weighted by Gasteiger charge is 2.39. The smallest absolute Gasteiger partial charge is 0.481 e. The zero-order valence-corrected chi connectivity index (χ0v) is 26.9. The van der Waals surface area contributed by atoms with Gasteiger partial charge in [0.1, 0.15) is 11.6 Å². The highest BCUT2D eigenvalue weighted by atomic mass is 32.2. The number of nitrogens with two attached hydrogens (primary N) is 1. The van der Waals surface area contributed by atoms with Crippen LogP contribution in [-0.2, 0) is 40.6 Å². The van der Waals surface area contributed by atoms with Crippen molar-refractivity contribution in [3.8, 4) is 0 Å². The zero-order chi connectivity index (χ0) is 35.4. The molecule has 0 fully saturated rings. The molecule has 2 aromatic heterocycles. The molecule has 4 N–H and O–H groups in total. The summed E-state index contributed by atoms with van der Waals surface area (Å²) in [5.74, 6) is -2.72. The second kappa shape index (κ2) is 14.6. The van der Waals surface area contributed by atoms with E-state index in [2.05, 4.69) is 17.8 Å². The molecule has 2 aliphatic rings. The number of thiol groups is 1. The van der Waals surface area contributed by atoms with Crippen molar-refractivity contribution in [2.75, 3.05) is 10.1 Å². The Morgan fingerprint density at radius 3 is 2.33 bits per heavy atom. The van der Waals surface area contributed by atoms with Crippen LogP contribution in [0.4, 0.5) is 38.0 Å². The second-order valence-electron chi connectivity index (χ2n) is 10.9. The van der Waals surface area contributed by atoms with E-state index in [1.54, 1.807) is 12.3 Å². The maximum absolute atomic E-state index is 13.3. The van der Waals surface area contributed by atoms with Gasteiger partial charge in [-0.15, -0.1) is 11.8 Å². The van der Waals surface area contributed by atoms with Crippen molar-refractivity contribution in [2.24, 2.45) is 10.7 Å². The van der Waals surface area contributed by atoms with E-state index in [4.69, 9.17) is 30.7 Å². The summed E-state index contributed by atoms with van der Waals surface area (Å²) in [6, 6.07) is 11.2. The Morgan fingerprint density at radius 2 is 1.75 bits per heavy atom. The van der Waals surface area contributed by atoms with Crippen LogP contribution in [0.2, 0.25) is 0 Å². The van der Waals surface area contributed by atoms with Gasteiger partial charge in [-0.1, -0.05) is 37.9 Å². The Balaban J connectivity index is 0.000000671. The number of fused-ring (bicyclic) bond motifs is 1. The first-order valence-electron chi connectivity index (χ1n) is 14.3. The molecule has 1 unspecified atom stereocenters. The van der Waals surface area contributed by atoms with Crippen LogP contribution in [-0.4, -0.2) is 49.1 Å². The van der Waals surface area contributed by atoms with E-state index in [9.17, 15) is 31.1 Å². The van der Waals surface area contributed by atoms with Crippen molar-refractivity contribution in [3.63, 3.8) is 0 Å². The van der Waals surface area contributed by atoms with Gasteiger partial charge in [-0.3, -0.25) is 14.1 Å². The monoisotopic (exact) mass is 713 g/mol. The Morgan fingerprint density at radius 1 is 1.04 bits per heavy atom. The van der Waals surface area contributed by atoms with E-state index in [0.29, 0.717) is 23.7 Å². The molecule has 1 atom stereocenters. The quantitative estimate of drug-likeness (QED) is 0.151. The van der Waals surface area contributed by atoms with E-state index < -0.39 is 35.4 Å². The highest BCUT2D eigenvalue weighted by molar-refractivity contribution is 8.14. The molecular formula is C31H29F6N5O4S2. The summed E-state index contributed by atoms with van der Waals surface area (Å²) in [5, 5.41) is 17.1. The summed E-state index contributed by atoms with van der Waals surface area (Å²) in [6.07, 6.45) is -3.67. The average molecular weight is 714 g/mol. The summed E-state index contributed by atoms with van der Waals surface area (Å²) in [5.41, 5.74) is 10.6. The molecule has 0 bridgehead atoms. The number of nitrogens with zero attached hydrogens (tertiary/aromatic N) is 4. The molecule has 3 heterocycles. The van der Waals surface area contributed by atoms with E-state index in [-0.39, 0.29) is 12.2 Å². The predicted molar refractivity (Wildman–Crippen MR) is 172 cm³/mol. The molecule has 3 aromatic rings. The molecule has 0 saturated heterocycles. The largest absolute Gasteiger partial charge is 0.490 e. The third-order valence-electron chi connectivity index (χ3n) is 7.46. The van der Waals surface area contributed by atoms with Gasteiger partial charge in [0.2, 0.25) is 0 Å².